The minimum atomic E-state index is -2.86. The summed E-state index contributed by atoms with van der Waals surface area (Å²) in [6.07, 6.45) is 5.13. The predicted octanol–water partition coefficient (Wildman–Crippen LogP) is 5.05. The summed E-state index contributed by atoms with van der Waals surface area (Å²) in [5.74, 6) is -3.70. The van der Waals surface area contributed by atoms with Gasteiger partial charge < -0.3 is 9.64 Å². The first-order chi connectivity index (χ1) is 16.2. The number of hydrogen-bond acceptors (Lipinski definition) is 5. The van der Waals surface area contributed by atoms with Crippen molar-refractivity contribution >= 4 is 23.4 Å². The van der Waals surface area contributed by atoms with E-state index in [0.29, 0.717) is 4.36 Å². The maximum atomic E-state index is 14.5. The van der Waals surface area contributed by atoms with Gasteiger partial charge in [0.2, 0.25) is 0 Å². The lowest BCUT2D eigenvalue weighted by molar-refractivity contribution is -0.215. The number of halogens is 3. The van der Waals surface area contributed by atoms with Gasteiger partial charge in [-0.1, -0.05) is 29.8 Å². The third-order valence-corrected chi connectivity index (χ3v) is 8.99. The summed E-state index contributed by atoms with van der Waals surface area (Å²) in [5.41, 5.74) is 3.97. The van der Waals surface area contributed by atoms with Crippen LogP contribution in [0.1, 0.15) is 29.7 Å². The molecule has 1 aromatic heterocycles. The molecule has 2 saturated heterocycles. The third-order valence-electron chi connectivity index (χ3n) is 7.26. The highest BCUT2D eigenvalue weighted by Crippen LogP contribution is 2.56. The van der Waals surface area contributed by atoms with Gasteiger partial charge in [0.25, 0.3) is 5.92 Å². The number of para-hydroxylation sites is 1. The normalized spacial score (nSPS) is 26.1. The van der Waals surface area contributed by atoms with Gasteiger partial charge in [-0.2, -0.15) is 5.10 Å². The van der Waals surface area contributed by atoms with E-state index < -0.39 is 24.0 Å². The number of piperidine rings is 1. The second-order valence-electron chi connectivity index (χ2n) is 9.98. The summed E-state index contributed by atoms with van der Waals surface area (Å²) in [6.45, 7) is 4.76. The van der Waals surface area contributed by atoms with E-state index in [1.807, 2.05) is 17.7 Å². The first-order valence-electron chi connectivity index (χ1n) is 11.7. The van der Waals surface area contributed by atoms with Crippen molar-refractivity contribution in [1.29, 1.82) is 0 Å². The van der Waals surface area contributed by atoms with Crippen molar-refractivity contribution in [2.24, 2.45) is 5.92 Å². The number of hydrogen-bond donors (Lipinski definition) is 0. The molecule has 4 heterocycles. The molecule has 2 fully saturated rings. The van der Waals surface area contributed by atoms with Crippen LogP contribution in [0.5, 0.6) is 0 Å². The fourth-order valence-corrected chi connectivity index (χ4v) is 7.24. The molecule has 0 N–H and O–H groups in total. The van der Waals surface area contributed by atoms with Crippen molar-refractivity contribution in [2.75, 3.05) is 33.8 Å². The first kappa shape index (κ1) is 24.3. The Morgan fingerprint density at radius 2 is 1.94 bits per heavy atom. The molecule has 34 heavy (non-hydrogen) atoms. The van der Waals surface area contributed by atoms with Gasteiger partial charge in [0.1, 0.15) is 6.61 Å². The smallest absolute Gasteiger partial charge is 0.278 e. The van der Waals surface area contributed by atoms with Crippen molar-refractivity contribution in [3.05, 3.63) is 57.7 Å². The molecule has 0 bridgehead atoms. The van der Waals surface area contributed by atoms with E-state index in [1.165, 1.54) is 22.9 Å². The average molecular weight is 509 g/mol. The standard InChI is InChI=1S/C25H31ClF2N4OS/c1-17-19(15-32(29-17)21-7-5-4-6-18(21)13-30(2)3)14-31-10-8-24(9-11-31)23-20(12-22(26)34-23)25(27,28)16-33-24/h4-7,12,15,20,23H,8-11,13-14,16H2,1-3H3. The van der Waals surface area contributed by atoms with Crippen LogP contribution >= 0.6 is 23.4 Å². The fourth-order valence-electron chi connectivity index (χ4n) is 5.40. The molecule has 3 aliphatic rings. The zero-order valence-electron chi connectivity index (χ0n) is 19.8. The van der Waals surface area contributed by atoms with E-state index in [0.717, 1.165) is 50.4 Å². The summed E-state index contributed by atoms with van der Waals surface area (Å²) in [4.78, 5) is 4.53. The van der Waals surface area contributed by atoms with Crippen LogP contribution in [0.2, 0.25) is 0 Å². The Morgan fingerprint density at radius 1 is 1.21 bits per heavy atom. The van der Waals surface area contributed by atoms with Gasteiger partial charge in [-0.15, -0.1) is 11.8 Å². The van der Waals surface area contributed by atoms with Gasteiger partial charge in [0.15, 0.2) is 0 Å². The predicted molar refractivity (Wildman–Crippen MR) is 133 cm³/mol. The number of alkyl halides is 2. The van der Waals surface area contributed by atoms with Gasteiger partial charge in [-0.3, -0.25) is 4.90 Å². The number of allylic oxidation sites excluding steroid dienone is 1. The molecule has 0 radical (unpaired) electrons. The highest BCUT2D eigenvalue weighted by molar-refractivity contribution is 8.05. The van der Waals surface area contributed by atoms with Crippen LogP contribution < -0.4 is 0 Å². The van der Waals surface area contributed by atoms with Gasteiger partial charge in [0, 0.05) is 37.9 Å². The maximum Gasteiger partial charge on any atom is 0.278 e. The van der Waals surface area contributed by atoms with Crippen LogP contribution in [0, 0.1) is 12.8 Å². The monoisotopic (exact) mass is 508 g/mol. The number of thioether (sulfide) groups is 1. The lowest BCUT2D eigenvalue weighted by Gasteiger charge is -2.51. The van der Waals surface area contributed by atoms with Crippen LogP contribution in [0.3, 0.4) is 0 Å². The van der Waals surface area contributed by atoms with Crippen molar-refractivity contribution < 1.29 is 13.5 Å². The average Bonchev–Trinajstić information content (AvgIpc) is 3.37. The van der Waals surface area contributed by atoms with E-state index in [1.54, 1.807) is 6.08 Å². The van der Waals surface area contributed by atoms with Gasteiger partial charge in [-0.25, -0.2) is 13.5 Å². The molecule has 1 aromatic carbocycles. The number of nitrogens with zero attached hydrogens (tertiary/aromatic N) is 4. The Balaban J connectivity index is 1.27. The lowest BCUT2D eigenvalue weighted by atomic mass is 9.77. The molecule has 184 valence electrons. The molecule has 0 amide bonds. The fraction of sp³-hybridized carbons (Fsp3) is 0.560. The number of likely N-dealkylation sites (tertiary alicyclic amines) is 1. The van der Waals surface area contributed by atoms with E-state index in [-0.39, 0.29) is 5.25 Å². The molecular formula is C25H31ClF2N4OS. The molecule has 1 spiro atoms. The molecule has 5 nitrogen and oxygen atoms in total. The van der Waals surface area contributed by atoms with Crippen LogP contribution in [0.15, 0.2) is 40.9 Å². The molecule has 2 aromatic rings. The SMILES string of the molecule is Cc1nn(-c2ccccc2CN(C)C)cc1CN1CCC2(CC1)OCC(F)(F)C1C=C(Cl)SC12. The number of fused-ring (bicyclic) bond motifs is 2. The van der Waals surface area contributed by atoms with Crippen molar-refractivity contribution in [1.82, 2.24) is 19.6 Å². The minimum Gasteiger partial charge on any atom is -0.367 e. The minimum absolute atomic E-state index is 0.316. The first-order valence-corrected chi connectivity index (χ1v) is 13.0. The Hall–Kier alpha value is -1.45. The van der Waals surface area contributed by atoms with E-state index in [9.17, 15) is 8.78 Å². The number of ether oxygens (including phenoxy) is 1. The second kappa shape index (κ2) is 9.21. The zero-order valence-corrected chi connectivity index (χ0v) is 21.4. The number of aryl methyl sites for hydroxylation is 1. The second-order valence-corrected chi connectivity index (χ2v) is 11.8. The molecule has 5 rings (SSSR count). The van der Waals surface area contributed by atoms with Gasteiger partial charge >= 0.3 is 0 Å². The van der Waals surface area contributed by atoms with Crippen LogP contribution in [-0.4, -0.2) is 70.1 Å². The van der Waals surface area contributed by atoms with Crippen LogP contribution in [-0.2, 0) is 17.8 Å². The maximum absolute atomic E-state index is 14.5. The number of aromatic nitrogens is 2. The van der Waals surface area contributed by atoms with Crippen molar-refractivity contribution in [3.63, 3.8) is 0 Å². The quantitative estimate of drug-likeness (QED) is 0.564. The summed E-state index contributed by atoms with van der Waals surface area (Å²) >= 11 is 7.53. The summed E-state index contributed by atoms with van der Waals surface area (Å²) in [7, 11) is 4.13. The Bertz CT molecular complexity index is 1080. The highest BCUT2D eigenvalue weighted by atomic mass is 35.5. The summed E-state index contributed by atoms with van der Waals surface area (Å²) in [5, 5.41) is 4.49. The zero-order chi connectivity index (χ0) is 24.1. The van der Waals surface area contributed by atoms with Gasteiger partial charge in [0.05, 0.1) is 32.5 Å². The topological polar surface area (TPSA) is 33.5 Å². The molecule has 9 heteroatoms. The van der Waals surface area contributed by atoms with E-state index in [4.69, 9.17) is 21.4 Å². The molecule has 3 aliphatic heterocycles. The Kier molecular flexibility index (Phi) is 6.57. The third kappa shape index (κ3) is 4.55. The van der Waals surface area contributed by atoms with Crippen molar-refractivity contribution in [3.8, 4) is 5.69 Å². The van der Waals surface area contributed by atoms with Gasteiger partial charge in [-0.05, 0) is 51.6 Å². The molecule has 2 unspecified atom stereocenters. The Labute approximate surface area is 209 Å². The Morgan fingerprint density at radius 3 is 2.68 bits per heavy atom. The van der Waals surface area contributed by atoms with E-state index in [2.05, 4.69) is 48.3 Å². The van der Waals surface area contributed by atoms with E-state index >= 15 is 0 Å². The molecule has 0 saturated carbocycles. The number of benzene rings is 1. The molecule has 0 aliphatic carbocycles. The largest absolute Gasteiger partial charge is 0.367 e. The molecular weight excluding hydrogens is 478 g/mol. The number of rotatable bonds is 5. The van der Waals surface area contributed by atoms with Crippen molar-refractivity contribution in [2.45, 2.75) is 49.6 Å². The highest BCUT2D eigenvalue weighted by Gasteiger charge is 2.60. The summed E-state index contributed by atoms with van der Waals surface area (Å²) in [6, 6.07) is 8.34. The summed E-state index contributed by atoms with van der Waals surface area (Å²) < 4.78 is 37.3. The van der Waals surface area contributed by atoms with Crippen LogP contribution in [0.4, 0.5) is 8.78 Å². The molecule has 2 atom stereocenters. The van der Waals surface area contributed by atoms with Crippen LogP contribution in [0.25, 0.3) is 5.69 Å². The lowest BCUT2D eigenvalue weighted by Crippen LogP contribution is -2.61.